The lowest BCUT2D eigenvalue weighted by atomic mass is 9.92. The van der Waals surface area contributed by atoms with E-state index >= 15 is 0 Å². The van der Waals surface area contributed by atoms with Crippen molar-refractivity contribution in [3.8, 4) is 0 Å². The summed E-state index contributed by atoms with van der Waals surface area (Å²) in [6, 6.07) is 0. The first-order valence-corrected chi connectivity index (χ1v) is 10.4. The molecule has 0 spiro atoms. The van der Waals surface area contributed by atoms with Crippen LogP contribution in [-0.2, 0) is 0 Å². The Labute approximate surface area is 178 Å². The van der Waals surface area contributed by atoms with Gasteiger partial charge in [0.2, 0.25) is 0 Å². The number of rotatable bonds is 11. The zero-order valence-corrected chi connectivity index (χ0v) is 19.8. The van der Waals surface area contributed by atoms with Crippen LogP contribution >= 0.6 is 24.0 Å². The number of nitrogens with zero attached hydrogens (tertiary/aromatic N) is 2. The van der Waals surface area contributed by atoms with Crippen molar-refractivity contribution in [3.63, 3.8) is 0 Å². The molecular formula is C20H43IN4O. The van der Waals surface area contributed by atoms with Gasteiger partial charge in [-0.2, -0.15) is 0 Å². The minimum Gasteiger partial charge on any atom is -0.396 e. The van der Waals surface area contributed by atoms with Crippen LogP contribution < -0.4 is 10.6 Å². The first-order valence-electron chi connectivity index (χ1n) is 10.4. The molecule has 0 aliphatic carbocycles. The number of likely N-dealkylation sites (tertiary alicyclic amines) is 1. The van der Waals surface area contributed by atoms with E-state index in [0.717, 1.165) is 63.1 Å². The SMILES string of the molecule is CCCC(CCO)CN=C(NCC)NCCCN1CC(C)CC(C)C1.I. The van der Waals surface area contributed by atoms with Gasteiger partial charge in [0.25, 0.3) is 0 Å². The fourth-order valence-electron chi connectivity index (χ4n) is 3.96. The minimum atomic E-state index is 0. The highest BCUT2D eigenvalue weighted by Gasteiger charge is 2.20. The zero-order valence-electron chi connectivity index (χ0n) is 17.5. The molecule has 1 aliphatic heterocycles. The number of aliphatic hydroxyl groups is 1. The van der Waals surface area contributed by atoms with Gasteiger partial charge in [-0.3, -0.25) is 4.99 Å². The van der Waals surface area contributed by atoms with E-state index in [1.165, 1.54) is 26.1 Å². The number of aliphatic hydroxyl groups excluding tert-OH is 1. The predicted octanol–water partition coefficient (Wildman–Crippen LogP) is 3.33. The molecule has 3 atom stereocenters. The highest BCUT2D eigenvalue weighted by atomic mass is 127. The van der Waals surface area contributed by atoms with Crippen molar-refractivity contribution >= 4 is 29.9 Å². The first-order chi connectivity index (χ1) is 12.1. The molecular weight excluding hydrogens is 439 g/mol. The summed E-state index contributed by atoms with van der Waals surface area (Å²) in [5.74, 6) is 3.07. The van der Waals surface area contributed by atoms with Crippen LogP contribution in [0.3, 0.4) is 0 Å². The van der Waals surface area contributed by atoms with Gasteiger partial charge in [-0.05, 0) is 56.9 Å². The molecule has 0 aromatic rings. The van der Waals surface area contributed by atoms with Crippen molar-refractivity contribution in [3.05, 3.63) is 0 Å². The average molecular weight is 482 g/mol. The summed E-state index contributed by atoms with van der Waals surface area (Å²) in [5, 5.41) is 16.0. The lowest BCUT2D eigenvalue weighted by Crippen LogP contribution is -2.42. The van der Waals surface area contributed by atoms with Crippen LogP contribution in [0.4, 0.5) is 0 Å². The van der Waals surface area contributed by atoms with Crippen molar-refractivity contribution in [2.75, 3.05) is 45.9 Å². The maximum absolute atomic E-state index is 9.18. The summed E-state index contributed by atoms with van der Waals surface area (Å²) in [6.07, 6.45) is 5.66. The molecule has 1 fully saturated rings. The standard InChI is InChI=1S/C20H42N4O.HI/c1-5-8-19(9-12-25)14-23-20(21-6-2)22-10-7-11-24-15-17(3)13-18(4)16-24;/h17-19,25H,5-16H2,1-4H3,(H2,21,22,23);1H. The molecule has 26 heavy (non-hydrogen) atoms. The van der Waals surface area contributed by atoms with Crippen LogP contribution in [-0.4, -0.2) is 61.8 Å². The third-order valence-corrected chi connectivity index (χ3v) is 4.97. The Kier molecular flexibility index (Phi) is 15.9. The number of halogens is 1. The molecule has 0 radical (unpaired) electrons. The van der Waals surface area contributed by atoms with Crippen molar-refractivity contribution < 1.29 is 5.11 Å². The van der Waals surface area contributed by atoms with E-state index in [-0.39, 0.29) is 30.6 Å². The smallest absolute Gasteiger partial charge is 0.191 e. The summed E-state index contributed by atoms with van der Waals surface area (Å²) in [6.45, 7) is 15.6. The molecule has 0 amide bonds. The summed E-state index contributed by atoms with van der Waals surface area (Å²) < 4.78 is 0. The van der Waals surface area contributed by atoms with Gasteiger partial charge in [0, 0.05) is 39.3 Å². The second-order valence-corrected chi connectivity index (χ2v) is 7.87. The van der Waals surface area contributed by atoms with Crippen LogP contribution in [0.5, 0.6) is 0 Å². The number of hydrogen-bond donors (Lipinski definition) is 3. The quantitative estimate of drug-likeness (QED) is 0.183. The van der Waals surface area contributed by atoms with Crippen LogP contribution in [0.25, 0.3) is 0 Å². The lowest BCUT2D eigenvalue weighted by Gasteiger charge is -2.35. The van der Waals surface area contributed by atoms with E-state index in [9.17, 15) is 5.11 Å². The minimum absolute atomic E-state index is 0. The predicted molar refractivity (Wildman–Crippen MR) is 123 cm³/mol. The van der Waals surface area contributed by atoms with Gasteiger partial charge in [-0.1, -0.05) is 27.2 Å². The molecule has 0 bridgehead atoms. The second kappa shape index (κ2) is 15.9. The summed E-state index contributed by atoms with van der Waals surface area (Å²) in [7, 11) is 0. The normalized spacial score (nSPS) is 22.6. The van der Waals surface area contributed by atoms with Crippen LogP contribution in [0.15, 0.2) is 4.99 Å². The topological polar surface area (TPSA) is 59.9 Å². The third kappa shape index (κ3) is 11.6. The Hall–Kier alpha value is -0.0800. The molecule has 156 valence electrons. The number of guanidine groups is 1. The summed E-state index contributed by atoms with van der Waals surface area (Å²) in [4.78, 5) is 7.34. The van der Waals surface area contributed by atoms with E-state index in [1.807, 2.05) is 0 Å². The van der Waals surface area contributed by atoms with Crippen molar-refractivity contribution in [2.24, 2.45) is 22.7 Å². The highest BCUT2D eigenvalue weighted by Crippen LogP contribution is 2.20. The van der Waals surface area contributed by atoms with Crippen molar-refractivity contribution in [1.29, 1.82) is 0 Å². The van der Waals surface area contributed by atoms with Gasteiger partial charge in [0.15, 0.2) is 5.96 Å². The Bertz CT molecular complexity index is 352. The maximum Gasteiger partial charge on any atom is 0.191 e. The van der Waals surface area contributed by atoms with E-state index < -0.39 is 0 Å². The fourth-order valence-corrected chi connectivity index (χ4v) is 3.96. The number of nitrogens with one attached hydrogen (secondary N) is 2. The Morgan fingerprint density at radius 1 is 1.15 bits per heavy atom. The van der Waals surface area contributed by atoms with Crippen molar-refractivity contribution in [2.45, 2.75) is 59.8 Å². The van der Waals surface area contributed by atoms with Gasteiger partial charge < -0.3 is 20.6 Å². The van der Waals surface area contributed by atoms with Crippen molar-refractivity contribution in [1.82, 2.24) is 15.5 Å². The molecule has 1 aliphatic rings. The first kappa shape index (κ1) is 25.9. The molecule has 3 N–H and O–H groups in total. The lowest BCUT2D eigenvalue weighted by molar-refractivity contribution is 0.140. The van der Waals surface area contributed by atoms with E-state index in [0.29, 0.717) is 5.92 Å². The molecule has 1 rings (SSSR count). The molecule has 1 heterocycles. The molecule has 3 unspecified atom stereocenters. The molecule has 6 heteroatoms. The van der Waals surface area contributed by atoms with E-state index in [1.54, 1.807) is 0 Å². The molecule has 1 saturated heterocycles. The van der Waals surface area contributed by atoms with Gasteiger partial charge in [0.1, 0.15) is 0 Å². The molecule has 0 aromatic carbocycles. The van der Waals surface area contributed by atoms with Gasteiger partial charge in [0.05, 0.1) is 0 Å². The van der Waals surface area contributed by atoms with Gasteiger partial charge >= 0.3 is 0 Å². The molecule has 5 nitrogen and oxygen atoms in total. The van der Waals surface area contributed by atoms with Gasteiger partial charge in [-0.25, -0.2) is 0 Å². The molecule has 0 aromatic heterocycles. The average Bonchev–Trinajstić information content (AvgIpc) is 2.55. The number of piperidine rings is 1. The third-order valence-electron chi connectivity index (χ3n) is 4.97. The summed E-state index contributed by atoms with van der Waals surface area (Å²) in [5.41, 5.74) is 0. The zero-order chi connectivity index (χ0) is 18.5. The van der Waals surface area contributed by atoms with Crippen LogP contribution in [0.1, 0.15) is 59.8 Å². The van der Waals surface area contributed by atoms with E-state index in [4.69, 9.17) is 4.99 Å². The Morgan fingerprint density at radius 2 is 1.85 bits per heavy atom. The van der Waals surface area contributed by atoms with Crippen LogP contribution in [0, 0.1) is 17.8 Å². The van der Waals surface area contributed by atoms with Gasteiger partial charge in [-0.15, -0.1) is 24.0 Å². The second-order valence-electron chi connectivity index (χ2n) is 7.87. The van der Waals surface area contributed by atoms with Crippen LogP contribution in [0.2, 0.25) is 0 Å². The summed E-state index contributed by atoms with van der Waals surface area (Å²) >= 11 is 0. The highest BCUT2D eigenvalue weighted by molar-refractivity contribution is 14.0. The van der Waals surface area contributed by atoms with E-state index in [2.05, 4.69) is 43.2 Å². The Morgan fingerprint density at radius 3 is 2.42 bits per heavy atom. The largest absolute Gasteiger partial charge is 0.396 e. The fraction of sp³-hybridized carbons (Fsp3) is 0.950. The maximum atomic E-state index is 9.18. The number of aliphatic imine (C=N–C) groups is 1. The Balaban J connectivity index is 0.00000625. The molecule has 0 saturated carbocycles. The number of hydrogen-bond acceptors (Lipinski definition) is 3. The monoisotopic (exact) mass is 482 g/mol.